The molecule has 2 aliphatic rings. The van der Waals surface area contributed by atoms with Crippen molar-refractivity contribution in [3.8, 4) is 0 Å². The van der Waals surface area contributed by atoms with Gasteiger partial charge in [-0.2, -0.15) is 0 Å². The number of carbonyl (C=O) groups excluding carboxylic acids is 1. The Morgan fingerprint density at radius 3 is 2.20 bits per heavy atom. The molecule has 15 heavy (non-hydrogen) atoms. The normalized spacial score (nSPS) is 47.2. The van der Waals surface area contributed by atoms with Crippen molar-refractivity contribution >= 4 is 27.7 Å². The number of carboxylic acid groups (broad SMARTS) is 1. The predicted molar refractivity (Wildman–Crippen MR) is 58.9 cm³/mol. The molecule has 0 aliphatic heterocycles. The molecule has 0 aromatic carbocycles. The van der Waals surface area contributed by atoms with Crippen molar-refractivity contribution in [1.29, 1.82) is 0 Å². The monoisotopic (exact) mass is 274 g/mol. The lowest BCUT2D eigenvalue weighted by Crippen LogP contribution is -2.44. The zero-order valence-electron chi connectivity index (χ0n) is 9.13. The highest BCUT2D eigenvalue weighted by molar-refractivity contribution is 9.10. The number of carboxylic acids is 1. The molecule has 1 N–H and O–H groups in total. The van der Waals surface area contributed by atoms with Crippen LogP contribution in [-0.2, 0) is 9.59 Å². The van der Waals surface area contributed by atoms with Gasteiger partial charge >= 0.3 is 5.97 Å². The molecule has 0 radical (unpaired) electrons. The van der Waals surface area contributed by atoms with E-state index < -0.39 is 27.0 Å². The molecule has 0 aromatic heterocycles. The second-order valence-electron chi connectivity index (χ2n) is 5.46. The van der Waals surface area contributed by atoms with Gasteiger partial charge in [0.05, 0.1) is 10.2 Å². The highest BCUT2D eigenvalue weighted by Gasteiger charge is 2.77. The topological polar surface area (TPSA) is 54.4 Å². The molecule has 2 unspecified atom stereocenters. The molecule has 3 atom stereocenters. The van der Waals surface area contributed by atoms with E-state index in [1.54, 1.807) is 0 Å². The number of halogens is 1. The van der Waals surface area contributed by atoms with E-state index in [0.29, 0.717) is 12.8 Å². The third kappa shape index (κ3) is 0.846. The maximum atomic E-state index is 12.1. The van der Waals surface area contributed by atoms with Gasteiger partial charge in [-0.15, -0.1) is 0 Å². The second kappa shape index (κ2) is 2.65. The number of hydrogen-bond donors (Lipinski definition) is 1. The molecule has 0 spiro atoms. The van der Waals surface area contributed by atoms with Gasteiger partial charge in [0.15, 0.2) is 5.78 Å². The minimum Gasteiger partial charge on any atom is -0.481 e. The summed E-state index contributed by atoms with van der Waals surface area (Å²) in [6.07, 6.45) is 1.28. The van der Waals surface area contributed by atoms with Gasteiger partial charge in [-0.1, -0.05) is 36.7 Å². The number of aliphatic carboxylic acids is 1. The largest absolute Gasteiger partial charge is 0.481 e. The SMILES string of the molecule is CC12CCC(C(=O)O)([C@H](Br)C1=O)C2(C)C. The zero-order chi connectivity index (χ0) is 11.6. The van der Waals surface area contributed by atoms with Crippen LogP contribution in [0.3, 0.4) is 0 Å². The molecular formula is C11H15BrO3. The van der Waals surface area contributed by atoms with Crippen molar-refractivity contribution < 1.29 is 14.7 Å². The molecular weight excluding hydrogens is 260 g/mol. The Morgan fingerprint density at radius 2 is 1.93 bits per heavy atom. The van der Waals surface area contributed by atoms with Crippen molar-refractivity contribution in [2.24, 2.45) is 16.2 Å². The molecule has 2 aliphatic carbocycles. The maximum Gasteiger partial charge on any atom is 0.311 e. The van der Waals surface area contributed by atoms with Crippen LogP contribution in [0.15, 0.2) is 0 Å². The number of carbonyl (C=O) groups is 2. The molecule has 4 heteroatoms. The predicted octanol–water partition coefficient (Wildman–Crippen LogP) is 2.23. The van der Waals surface area contributed by atoms with Crippen LogP contribution in [0, 0.1) is 16.2 Å². The molecule has 0 amide bonds. The Hall–Kier alpha value is -0.380. The molecule has 2 rings (SSSR count). The highest BCUT2D eigenvalue weighted by Crippen LogP contribution is 2.72. The van der Waals surface area contributed by atoms with Crippen LogP contribution >= 0.6 is 15.9 Å². The first-order chi connectivity index (χ1) is 6.72. The molecule has 2 bridgehead atoms. The van der Waals surface area contributed by atoms with E-state index in [1.165, 1.54) is 0 Å². The van der Waals surface area contributed by atoms with Crippen molar-refractivity contribution in [3.05, 3.63) is 0 Å². The van der Waals surface area contributed by atoms with Gasteiger partial charge in [0.1, 0.15) is 0 Å². The standard InChI is InChI=1S/C11H15BrO3/c1-9(2)10(3)4-5-11(9,8(14)15)6(12)7(10)13/h6H,4-5H2,1-3H3,(H,14,15)/t6-,10?,11?/m1/s1. The van der Waals surface area contributed by atoms with Gasteiger partial charge in [0.25, 0.3) is 0 Å². The molecule has 2 saturated carbocycles. The number of rotatable bonds is 1. The number of Topliss-reactive ketones (excluding diaryl/α,β-unsaturated/α-hetero) is 1. The lowest BCUT2D eigenvalue weighted by Gasteiger charge is -2.37. The maximum absolute atomic E-state index is 12.1. The number of fused-ring (bicyclic) bond motifs is 2. The summed E-state index contributed by atoms with van der Waals surface area (Å²) in [5.74, 6) is -0.787. The summed E-state index contributed by atoms with van der Waals surface area (Å²) in [7, 11) is 0. The van der Waals surface area contributed by atoms with E-state index >= 15 is 0 Å². The minimum absolute atomic E-state index is 0.0566. The number of hydrogen-bond acceptors (Lipinski definition) is 2. The minimum atomic E-state index is -0.918. The van der Waals surface area contributed by atoms with E-state index in [0.717, 1.165) is 0 Å². The van der Waals surface area contributed by atoms with E-state index in [4.69, 9.17) is 0 Å². The van der Waals surface area contributed by atoms with E-state index in [1.807, 2.05) is 20.8 Å². The quantitative estimate of drug-likeness (QED) is 0.746. The Kier molecular flexibility index (Phi) is 1.96. The first kappa shape index (κ1) is 11.1. The third-order valence-corrected chi connectivity index (χ3v) is 6.30. The lowest BCUT2D eigenvalue weighted by molar-refractivity contribution is -0.153. The molecule has 3 nitrogen and oxygen atoms in total. The average Bonchev–Trinajstić information content (AvgIpc) is 2.39. The number of alkyl halides is 1. The van der Waals surface area contributed by atoms with Crippen LogP contribution in [0.1, 0.15) is 33.6 Å². The smallest absolute Gasteiger partial charge is 0.311 e. The fraction of sp³-hybridized carbons (Fsp3) is 0.818. The van der Waals surface area contributed by atoms with E-state index in [9.17, 15) is 14.7 Å². The van der Waals surface area contributed by atoms with Crippen molar-refractivity contribution in [3.63, 3.8) is 0 Å². The third-order valence-electron chi connectivity index (χ3n) is 5.10. The highest BCUT2D eigenvalue weighted by atomic mass is 79.9. The molecule has 2 fully saturated rings. The van der Waals surface area contributed by atoms with Crippen molar-refractivity contribution in [1.82, 2.24) is 0 Å². The Labute approximate surface area is 97.4 Å². The summed E-state index contributed by atoms with van der Waals surface area (Å²) in [4.78, 5) is 23.1. The van der Waals surface area contributed by atoms with E-state index in [-0.39, 0.29) is 5.78 Å². The molecule has 0 saturated heterocycles. The van der Waals surface area contributed by atoms with Crippen LogP contribution in [0.5, 0.6) is 0 Å². The summed E-state index contributed by atoms with van der Waals surface area (Å²) < 4.78 is 0. The second-order valence-corrected chi connectivity index (χ2v) is 6.38. The zero-order valence-corrected chi connectivity index (χ0v) is 10.7. The van der Waals surface area contributed by atoms with Crippen molar-refractivity contribution in [2.75, 3.05) is 0 Å². The van der Waals surface area contributed by atoms with Gasteiger partial charge in [0, 0.05) is 5.41 Å². The van der Waals surface area contributed by atoms with Gasteiger partial charge < -0.3 is 5.11 Å². The summed E-state index contributed by atoms with van der Waals surface area (Å²) in [6.45, 7) is 5.72. The van der Waals surface area contributed by atoms with Crippen LogP contribution in [-0.4, -0.2) is 21.7 Å². The lowest BCUT2D eigenvalue weighted by atomic mass is 9.65. The molecule has 0 aromatic rings. The van der Waals surface area contributed by atoms with Gasteiger partial charge in [0.2, 0.25) is 0 Å². The fourth-order valence-electron chi connectivity index (χ4n) is 3.43. The van der Waals surface area contributed by atoms with Crippen LogP contribution in [0.2, 0.25) is 0 Å². The Bertz CT molecular complexity index is 363. The van der Waals surface area contributed by atoms with Crippen LogP contribution in [0.25, 0.3) is 0 Å². The first-order valence-corrected chi connectivity index (χ1v) is 6.05. The Balaban J connectivity index is 2.68. The summed E-state index contributed by atoms with van der Waals surface area (Å²) >= 11 is 3.30. The Morgan fingerprint density at radius 1 is 1.40 bits per heavy atom. The first-order valence-electron chi connectivity index (χ1n) is 5.13. The summed E-state index contributed by atoms with van der Waals surface area (Å²) in [5.41, 5.74) is -1.88. The van der Waals surface area contributed by atoms with Crippen LogP contribution in [0.4, 0.5) is 0 Å². The molecule has 0 heterocycles. The van der Waals surface area contributed by atoms with Gasteiger partial charge in [-0.05, 0) is 18.3 Å². The average molecular weight is 275 g/mol. The van der Waals surface area contributed by atoms with Gasteiger partial charge in [-0.3, -0.25) is 9.59 Å². The summed E-state index contributed by atoms with van der Waals surface area (Å²) in [6, 6.07) is 0. The van der Waals surface area contributed by atoms with Gasteiger partial charge in [-0.25, -0.2) is 0 Å². The fourth-order valence-corrected chi connectivity index (χ4v) is 4.93. The van der Waals surface area contributed by atoms with Crippen LogP contribution < -0.4 is 0 Å². The summed E-state index contributed by atoms with van der Waals surface area (Å²) in [5, 5.41) is 9.45. The molecule has 84 valence electrons. The number of ketones is 1. The van der Waals surface area contributed by atoms with E-state index in [2.05, 4.69) is 15.9 Å². The van der Waals surface area contributed by atoms with Crippen molar-refractivity contribution in [2.45, 2.75) is 38.4 Å².